The molecule has 2 amide bonds. The summed E-state index contributed by atoms with van der Waals surface area (Å²) in [6.45, 7) is 5.74. The lowest BCUT2D eigenvalue weighted by atomic mass is 10.0. The molecular formula is C15H22F2N2O2. The van der Waals surface area contributed by atoms with E-state index < -0.39 is 11.6 Å². The maximum atomic E-state index is 13.1. The van der Waals surface area contributed by atoms with Crippen LogP contribution in [0.2, 0.25) is 0 Å². The molecular weight excluding hydrogens is 278 g/mol. The first-order valence-electron chi connectivity index (χ1n) is 6.95. The van der Waals surface area contributed by atoms with E-state index in [-0.39, 0.29) is 30.5 Å². The van der Waals surface area contributed by atoms with E-state index in [2.05, 4.69) is 10.6 Å². The van der Waals surface area contributed by atoms with Crippen LogP contribution in [0.5, 0.6) is 0 Å². The molecule has 3 unspecified atom stereocenters. The van der Waals surface area contributed by atoms with Crippen LogP contribution in [0, 0.1) is 17.6 Å². The molecule has 21 heavy (non-hydrogen) atoms. The third kappa shape index (κ3) is 5.30. The number of carbonyl (C=O) groups excluding carboxylic acids is 1. The van der Waals surface area contributed by atoms with E-state index in [0.29, 0.717) is 12.1 Å². The molecule has 0 aliphatic carbocycles. The maximum absolute atomic E-state index is 13.1. The maximum Gasteiger partial charge on any atom is 0.315 e. The predicted octanol–water partition coefficient (Wildman–Crippen LogP) is 2.38. The summed E-state index contributed by atoms with van der Waals surface area (Å²) in [5, 5.41) is 14.4. The third-order valence-electron chi connectivity index (χ3n) is 3.58. The molecule has 0 saturated carbocycles. The zero-order valence-corrected chi connectivity index (χ0v) is 12.5. The molecule has 1 aromatic rings. The van der Waals surface area contributed by atoms with Crippen molar-refractivity contribution in [3.8, 4) is 0 Å². The zero-order valence-electron chi connectivity index (χ0n) is 12.5. The van der Waals surface area contributed by atoms with E-state index in [9.17, 15) is 13.6 Å². The van der Waals surface area contributed by atoms with Crippen molar-refractivity contribution in [1.82, 2.24) is 10.6 Å². The molecule has 118 valence electrons. The van der Waals surface area contributed by atoms with Gasteiger partial charge in [-0.2, -0.15) is 0 Å². The topological polar surface area (TPSA) is 61.4 Å². The molecule has 0 aliphatic heterocycles. The Labute approximate surface area is 123 Å². The summed E-state index contributed by atoms with van der Waals surface area (Å²) in [4.78, 5) is 11.7. The summed E-state index contributed by atoms with van der Waals surface area (Å²) in [6.07, 6.45) is 0. The fraction of sp³-hybridized carbons (Fsp3) is 0.533. The molecule has 6 heteroatoms. The van der Waals surface area contributed by atoms with Gasteiger partial charge in [0.1, 0.15) is 0 Å². The van der Waals surface area contributed by atoms with Crippen LogP contribution in [0.4, 0.5) is 13.6 Å². The number of aliphatic hydroxyl groups is 1. The number of hydrogen-bond donors (Lipinski definition) is 3. The highest BCUT2D eigenvalue weighted by Crippen LogP contribution is 2.17. The van der Waals surface area contributed by atoms with Gasteiger partial charge in [0, 0.05) is 19.2 Å². The molecule has 1 aromatic carbocycles. The van der Waals surface area contributed by atoms with Gasteiger partial charge in [-0.3, -0.25) is 0 Å². The molecule has 0 bridgehead atoms. The minimum absolute atomic E-state index is 0.00724. The fourth-order valence-corrected chi connectivity index (χ4v) is 1.74. The van der Waals surface area contributed by atoms with Crippen molar-refractivity contribution in [3.05, 3.63) is 35.4 Å². The Morgan fingerprint density at radius 3 is 2.48 bits per heavy atom. The van der Waals surface area contributed by atoms with E-state index in [1.54, 1.807) is 6.92 Å². The average molecular weight is 300 g/mol. The first-order chi connectivity index (χ1) is 9.85. The van der Waals surface area contributed by atoms with Gasteiger partial charge in [0.15, 0.2) is 11.6 Å². The lowest BCUT2D eigenvalue weighted by Crippen LogP contribution is -2.45. The van der Waals surface area contributed by atoms with Crippen molar-refractivity contribution in [2.75, 3.05) is 13.2 Å². The van der Waals surface area contributed by atoms with E-state index in [0.717, 1.165) is 12.1 Å². The van der Waals surface area contributed by atoms with Gasteiger partial charge in [0.2, 0.25) is 0 Å². The molecule has 0 aromatic heterocycles. The number of carbonyl (C=O) groups is 1. The molecule has 1 rings (SSSR count). The number of halogens is 2. The monoisotopic (exact) mass is 300 g/mol. The van der Waals surface area contributed by atoms with E-state index in [1.165, 1.54) is 6.07 Å². The van der Waals surface area contributed by atoms with Gasteiger partial charge in [-0.15, -0.1) is 0 Å². The summed E-state index contributed by atoms with van der Waals surface area (Å²) in [5.74, 6) is -1.96. The largest absolute Gasteiger partial charge is 0.396 e. The minimum atomic E-state index is -0.894. The Bertz CT molecular complexity index is 483. The van der Waals surface area contributed by atoms with Gasteiger partial charge < -0.3 is 15.7 Å². The first kappa shape index (κ1) is 17.4. The van der Waals surface area contributed by atoms with Crippen LogP contribution in [0.25, 0.3) is 0 Å². The van der Waals surface area contributed by atoms with Crippen LogP contribution in [0.15, 0.2) is 18.2 Å². The fourth-order valence-electron chi connectivity index (χ4n) is 1.74. The van der Waals surface area contributed by atoms with E-state index in [1.807, 2.05) is 13.8 Å². The van der Waals surface area contributed by atoms with Crippen LogP contribution >= 0.6 is 0 Å². The van der Waals surface area contributed by atoms with Crippen LogP contribution in [-0.4, -0.2) is 30.3 Å². The second kappa shape index (κ2) is 7.93. The van der Waals surface area contributed by atoms with Crippen molar-refractivity contribution in [2.45, 2.75) is 32.7 Å². The smallest absolute Gasteiger partial charge is 0.315 e. The quantitative estimate of drug-likeness (QED) is 0.755. The molecule has 0 aliphatic rings. The van der Waals surface area contributed by atoms with E-state index >= 15 is 0 Å². The van der Waals surface area contributed by atoms with Gasteiger partial charge in [-0.25, -0.2) is 13.6 Å². The molecule has 4 nitrogen and oxygen atoms in total. The molecule has 0 spiro atoms. The highest BCUT2D eigenvalue weighted by Gasteiger charge is 2.15. The number of hydrogen-bond acceptors (Lipinski definition) is 2. The van der Waals surface area contributed by atoms with Crippen LogP contribution < -0.4 is 10.6 Å². The Morgan fingerprint density at radius 2 is 1.90 bits per heavy atom. The van der Waals surface area contributed by atoms with Crippen molar-refractivity contribution in [3.63, 3.8) is 0 Å². The van der Waals surface area contributed by atoms with Crippen molar-refractivity contribution < 1.29 is 18.7 Å². The summed E-state index contributed by atoms with van der Waals surface area (Å²) in [7, 11) is 0. The summed E-state index contributed by atoms with van der Waals surface area (Å²) >= 11 is 0. The average Bonchev–Trinajstić information content (AvgIpc) is 2.46. The Morgan fingerprint density at radius 1 is 1.24 bits per heavy atom. The van der Waals surface area contributed by atoms with Crippen LogP contribution in [0.3, 0.4) is 0 Å². The number of urea groups is 1. The summed E-state index contributed by atoms with van der Waals surface area (Å²) < 4.78 is 26.0. The van der Waals surface area contributed by atoms with Gasteiger partial charge in [0.25, 0.3) is 0 Å². The SMILES string of the molecule is CC(CNC(=O)NC(C)C(C)CO)c1ccc(F)c(F)c1. The normalized spacial score (nSPS) is 15.1. The number of benzene rings is 1. The second-order valence-electron chi connectivity index (χ2n) is 5.38. The Kier molecular flexibility index (Phi) is 6.55. The number of nitrogens with one attached hydrogen (secondary N) is 2. The minimum Gasteiger partial charge on any atom is -0.396 e. The van der Waals surface area contributed by atoms with Gasteiger partial charge in [-0.1, -0.05) is 19.9 Å². The molecule has 0 radical (unpaired) electrons. The lowest BCUT2D eigenvalue weighted by Gasteiger charge is -2.20. The van der Waals surface area contributed by atoms with E-state index in [4.69, 9.17) is 5.11 Å². The molecule has 0 fully saturated rings. The number of amides is 2. The molecule has 3 atom stereocenters. The van der Waals surface area contributed by atoms with Crippen LogP contribution in [-0.2, 0) is 0 Å². The molecule has 0 saturated heterocycles. The number of rotatable bonds is 6. The second-order valence-corrected chi connectivity index (χ2v) is 5.38. The lowest BCUT2D eigenvalue weighted by molar-refractivity contribution is 0.200. The highest BCUT2D eigenvalue weighted by molar-refractivity contribution is 5.74. The van der Waals surface area contributed by atoms with Gasteiger partial charge in [0.05, 0.1) is 0 Å². The Hall–Kier alpha value is -1.69. The van der Waals surface area contributed by atoms with Gasteiger partial charge in [-0.05, 0) is 36.5 Å². The zero-order chi connectivity index (χ0) is 16.0. The van der Waals surface area contributed by atoms with Crippen molar-refractivity contribution in [2.24, 2.45) is 5.92 Å². The van der Waals surface area contributed by atoms with Crippen molar-refractivity contribution in [1.29, 1.82) is 0 Å². The summed E-state index contributed by atoms with van der Waals surface area (Å²) in [5.41, 5.74) is 0.617. The predicted molar refractivity (Wildman–Crippen MR) is 77.0 cm³/mol. The molecule has 0 heterocycles. The third-order valence-corrected chi connectivity index (χ3v) is 3.58. The first-order valence-corrected chi connectivity index (χ1v) is 6.95. The van der Waals surface area contributed by atoms with Crippen LogP contribution in [0.1, 0.15) is 32.3 Å². The standard InChI is InChI=1S/C15H22F2N2O2/c1-9(12-4-5-13(16)14(17)6-12)7-18-15(21)19-11(3)10(2)8-20/h4-6,9-11,20H,7-8H2,1-3H3,(H2,18,19,21). The summed E-state index contributed by atoms with van der Waals surface area (Å²) in [6, 6.07) is 3.20. The Balaban J connectivity index is 2.47. The highest BCUT2D eigenvalue weighted by atomic mass is 19.2. The molecule has 3 N–H and O–H groups in total. The van der Waals surface area contributed by atoms with Crippen molar-refractivity contribution >= 4 is 6.03 Å². The number of aliphatic hydroxyl groups excluding tert-OH is 1. The van der Waals surface area contributed by atoms with Gasteiger partial charge >= 0.3 is 6.03 Å².